The summed E-state index contributed by atoms with van der Waals surface area (Å²) in [4.78, 5) is 20.5. The summed E-state index contributed by atoms with van der Waals surface area (Å²) in [5.74, 6) is 0.281. The van der Waals surface area contributed by atoms with E-state index < -0.39 is 0 Å². The molecule has 4 heteroatoms. The van der Waals surface area contributed by atoms with E-state index in [2.05, 4.69) is 85.0 Å². The van der Waals surface area contributed by atoms with Gasteiger partial charge in [-0.15, -0.1) is 0 Å². The number of fused-ring (bicyclic) bond motifs is 7. The van der Waals surface area contributed by atoms with Crippen LogP contribution < -0.4 is 10.7 Å². The van der Waals surface area contributed by atoms with Gasteiger partial charge < -0.3 is 0 Å². The molecule has 0 N–H and O–H groups in total. The van der Waals surface area contributed by atoms with Crippen molar-refractivity contribution in [3.63, 3.8) is 0 Å². The number of hydrogen-bond acceptors (Lipinski definition) is 4. The van der Waals surface area contributed by atoms with Crippen molar-refractivity contribution in [3.05, 3.63) is 118 Å². The molecule has 2 atom stereocenters. The second-order valence-corrected chi connectivity index (χ2v) is 9.43. The smallest absolute Gasteiger partial charge is 0.115 e. The summed E-state index contributed by atoms with van der Waals surface area (Å²) in [5.41, 5.74) is 11.0. The van der Waals surface area contributed by atoms with E-state index >= 15 is 0 Å². The normalized spacial score (nSPS) is 22.0. The zero-order chi connectivity index (χ0) is 22.0. The van der Waals surface area contributed by atoms with E-state index in [1.807, 2.05) is 0 Å². The maximum Gasteiger partial charge on any atom is 0.115 e. The zero-order valence-corrected chi connectivity index (χ0v) is 18.0. The van der Waals surface area contributed by atoms with Gasteiger partial charge in [0.15, 0.2) is 0 Å². The van der Waals surface area contributed by atoms with E-state index in [9.17, 15) is 0 Å². The Morgan fingerprint density at radius 3 is 2.26 bits per heavy atom. The molecule has 4 nitrogen and oxygen atoms in total. The number of nitrogens with zero attached hydrogens (tertiary/aromatic N) is 4. The van der Waals surface area contributed by atoms with Gasteiger partial charge in [0.1, 0.15) is 6.04 Å². The molecule has 0 amide bonds. The summed E-state index contributed by atoms with van der Waals surface area (Å²) in [6.45, 7) is 0. The van der Waals surface area contributed by atoms with Crippen molar-refractivity contribution >= 4 is 21.8 Å². The van der Waals surface area contributed by atoms with E-state index in [0.29, 0.717) is 0 Å². The Bertz CT molecular complexity index is 1960. The summed E-state index contributed by atoms with van der Waals surface area (Å²) >= 11 is 0. The highest BCUT2D eigenvalue weighted by molar-refractivity contribution is 6.14. The van der Waals surface area contributed by atoms with E-state index in [4.69, 9.17) is 20.0 Å². The zero-order valence-electron chi connectivity index (χ0n) is 18.0. The van der Waals surface area contributed by atoms with Crippen LogP contribution in [0.1, 0.15) is 0 Å². The molecule has 2 unspecified atom stereocenters. The topological polar surface area (TPSA) is 50.5 Å². The van der Waals surface area contributed by atoms with Gasteiger partial charge in [-0.25, -0.2) is 15.0 Å². The molecule has 0 spiro atoms. The maximum atomic E-state index is 5.19. The van der Waals surface area contributed by atoms with Gasteiger partial charge in [0, 0.05) is 22.4 Å². The Morgan fingerprint density at radius 2 is 1.47 bits per heavy atom. The van der Waals surface area contributed by atoms with Gasteiger partial charge in [0.2, 0.25) is 0 Å². The van der Waals surface area contributed by atoms with Crippen LogP contribution in [-0.4, -0.2) is 16.0 Å². The summed E-state index contributed by atoms with van der Waals surface area (Å²) in [7, 11) is 0. The van der Waals surface area contributed by atoms with Gasteiger partial charge in [-0.2, -0.15) is 0 Å². The van der Waals surface area contributed by atoms with Gasteiger partial charge in [-0.1, -0.05) is 72.9 Å². The monoisotopic (exact) mass is 432 g/mol. The average molecular weight is 432 g/mol. The lowest BCUT2D eigenvalue weighted by molar-refractivity contribution is 0.783. The second-order valence-electron chi connectivity index (χ2n) is 9.43. The van der Waals surface area contributed by atoms with Crippen LogP contribution in [0, 0.1) is 5.92 Å². The molecule has 156 valence electrons. The van der Waals surface area contributed by atoms with Crippen molar-refractivity contribution in [2.45, 2.75) is 6.04 Å². The van der Waals surface area contributed by atoms with Gasteiger partial charge in [0.05, 0.1) is 38.8 Å². The Morgan fingerprint density at radius 1 is 0.735 bits per heavy atom. The molecule has 4 aromatic rings. The van der Waals surface area contributed by atoms with Crippen molar-refractivity contribution in [1.82, 2.24) is 9.97 Å². The van der Waals surface area contributed by atoms with Gasteiger partial charge in [0.25, 0.3) is 0 Å². The maximum absolute atomic E-state index is 5.19. The summed E-state index contributed by atoms with van der Waals surface area (Å²) in [6, 6.07) is 16.9. The SMILES string of the molecule is C1=CC2=CC=CC3=C4N=c5cc6nc7c(nc6cc5=NC4C(=C1)C23)-c1cccc2cccc-7c12. The molecule has 0 radical (unpaired) electrons. The molecular formula is C30H16N4. The van der Waals surface area contributed by atoms with Gasteiger partial charge >= 0.3 is 0 Å². The molecule has 0 saturated heterocycles. The third-order valence-corrected chi connectivity index (χ3v) is 7.67. The van der Waals surface area contributed by atoms with Crippen molar-refractivity contribution in [3.8, 4) is 22.5 Å². The fraction of sp³-hybridized carbons (Fsp3) is 0.0667. The first-order chi connectivity index (χ1) is 16.8. The predicted molar refractivity (Wildman–Crippen MR) is 133 cm³/mol. The van der Waals surface area contributed by atoms with Crippen LogP contribution in [0.3, 0.4) is 0 Å². The molecule has 1 aliphatic heterocycles. The Kier molecular flexibility index (Phi) is 2.88. The van der Waals surface area contributed by atoms with Gasteiger partial charge in [-0.3, -0.25) is 4.99 Å². The number of rotatable bonds is 0. The van der Waals surface area contributed by atoms with Crippen molar-refractivity contribution < 1.29 is 0 Å². The number of benzene rings is 3. The minimum absolute atomic E-state index is 0.0264. The van der Waals surface area contributed by atoms with Gasteiger partial charge in [-0.05, 0) is 34.2 Å². The van der Waals surface area contributed by atoms with Crippen molar-refractivity contribution in [2.24, 2.45) is 15.9 Å². The van der Waals surface area contributed by atoms with E-state index in [1.165, 1.54) is 27.5 Å². The quantitative estimate of drug-likeness (QED) is 0.348. The molecule has 1 aromatic heterocycles. The van der Waals surface area contributed by atoms with Crippen LogP contribution >= 0.6 is 0 Å². The Labute approximate surface area is 194 Å². The van der Waals surface area contributed by atoms with Crippen LogP contribution in [0.25, 0.3) is 44.3 Å². The van der Waals surface area contributed by atoms with Crippen LogP contribution in [0.2, 0.25) is 0 Å². The number of hydrogen-bond donors (Lipinski definition) is 0. The molecule has 9 rings (SSSR count). The number of aromatic nitrogens is 2. The first-order valence-corrected chi connectivity index (χ1v) is 11.6. The molecule has 2 heterocycles. The standard InChI is InChI=1S/C30H16N4/c1-5-15-6-2-10-18-25(15)17(9-1)27-28(18)32-22-14-24-23(13-21(22)31-27)33-29-19-11-3-7-16-8-4-12-20(26(16)19)30(29)34-24/h1-14,25,27H. The average Bonchev–Trinajstić information content (AvgIpc) is 3.36. The first kappa shape index (κ1) is 17.1. The second kappa shape index (κ2) is 5.72. The predicted octanol–water partition coefficient (Wildman–Crippen LogP) is 4.93. The van der Waals surface area contributed by atoms with E-state index in [1.54, 1.807) is 0 Å². The largest absolute Gasteiger partial charge is 0.269 e. The summed E-state index contributed by atoms with van der Waals surface area (Å²) < 4.78 is 0. The lowest BCUT2D eigenvalue weighted by atomic mass is 9.82. The minimum Gasteiger partial charge on any atom is -0.269 e. The van der Waals surface area contributed by atoms with Crippen molar-refractivity contribution in [1.29, 1.82) is 0 Å². The lowest BCUT2D eigenvalue weighted by Gasteiger charge is -2.22. The number of allylic oxidation sites excluding steroid dienone is 8. The Hall–Kier alpha value is -4.44. The molecule has 34 heavy (non-hydrogen) atoms. The van der Waals surface area contributed by atoms with Crippen LogP contribution in [0.15, 0.2) is 117 Å². The third kappa shape index (κ3) is 1.96. The van der Waals surface area contributed by atoms with Crippen molar-refractivity contribution in [2.75, 3.05) is 0 Å². The van der Waals surface area contributed by atoms with E-state index in [-0.39, 0.29) is 12.0 Å². The Balaban J connectivity index is 1.32. The third-order valence-electron chi connectivity index (χ3n) is 7.67. The molecule has 0 saturated carbocycles. The highest BCUT2D eigenvalue weighted by Gasteiger charge is 2.41. The molecular weight excluding hydrogens is 416 g/mol. The van der Waals surface area contributed by atoms with Crippen LogP contribution in [0.5, 0.6) is 0 Å². The minimum atomic E-state index is -0.0264. The fourth-order valence-electron chi connectivity index (χ4n) is 6.24. The molecule has 0 bridgehead atoms. The summed E-state index contributed by atoms with van der Waals surface area (Å²) in [5, 5.41) is 4.24. The molecule has 3 aromatic carbocycles. The highest BCUT2D eigenvalue weighted by Crippen LogP contribution is 2.48. The van der Waals surface area contributed by atoms with Crippen LogP contribution in [-0.2, 0) is 0 Å². The molecule has 4 aliphatic carbocycles. The highest BCUT2D eigenvalue weighted by atomic mass is 15.0. The lowest BCUT2D eigenvalue weighted by Crippen LogP contribution is -2.33. The molecule has 0 fully saturated rings. The fourth-order valence-corrected chi connectivity index (χ4v) is 6.24. The summed E-state index contributed by atoms with van der Waals surface area (Å²) in [6.07, 6.45) is 13.1. The van der Waals surface area contributed by atoms with Crippen LogP contribution in [0.4, 0.5) is 0 Å². The molecule has 5 aliphatic rings. The van der Waals surface area contributed by atoms with E-state index in [0.717, 1.165) is 50.0 Å². The first-order valence-electron chi connectivity index (χ1n) is 11.6.